The first-order valence-electron chi connectivity index (χ1n) is 11.2. The number of carbonyl (C=O) groups excluding carboxylic acids is 2. The predicted molar refractivity (Wildman–Crippen MR) is 115 cm³/mol. The van der Waals surface area contributed by atoms with E-state index in [1.807, 2.05) is 32.0 Å². The van der Waals surface area contributed by atoms with Crippen molar-refractivity contribution in [2.75, 3.05) is 19.7 Å². The Morgan fingerprint density at radius 1 is 1.17 bits per heavy atom. The second-order valence-corrected chi connectivity index (χ2v) is 9.32. The molecular formula is C24H36N2O3. The molecule has 160 valence electrons. The fraction of sp³-hybridized carbons (Fsp3) is 0.667. The van der Waals surface area contributed by atoms with E-state index in [9.17, 15) is 9.59 Å². The highest BCUT2D eigenvalue weighted by Gasteiger charge is 2.39. The highest BCUT2D eigenvalue weighted by molar-refractivity contribution is 5.97. The first-order valence-corrected chi connectivity index (χ1v) is 11.2. The molecule has 2 fully saturated rings. The van der Waals surface area contributed by atoms with E-state index >= 15 is 0 Å². The number of piperidine rings is 1. The summed E-state index contributed by atoms with van der Waals surface area (Å²) in [5.74, 6) is 1.15. The Balaban J connectivity index is 1.59. The summed E-state index contributed by atoms with van der Waals surface area (Å²) in [4.78, 5) is 27.7. The molecule has 1 aliphatic heterocycles. The van der Waals surface area contributed by atoms with E-state index in [0.29, 0.717) is 29.7 Å². The molecule has 29 heavy (non-hydrogen) atoms. The van der Waals surface area contributed by atoms with Crippen molar-refractivity contribution in [3.63, 3.8) is 0 Å². The zero-order valence-corrected chi connectivity index (χ0v) is 18.2. The second kappa shape index (κ2) is 9.64. The lowest BCUT2D eigenvalue weighted by Gasteiger charge is -2.40. The molecule has 1 saturated carbocycles. The van der Waals surface area contributed by atoms with Gasteiger partial charge in [0.25, 0.3) is 5.91 Å². The van der Waals surface area contributed by atoms with Gasteiger partial charge in [-0.15, -0.1) is 0 Å². The maximum absolute atomic E-state index is 13.2. The number of hydrogen-bond donors (Lipinski definition) is 1. The molecule has 1 aromatic carbocycles. The third-order valence-electron chi connectivity index (χ3n) is 6.31. The van der Waals surface area contributed by atoms with Crippen molar-refractivity contribution in [3.05, 3.63) is 29.8 Å². The lowest BCUT2D eigenvalue weighted by molar-refractivity contribution is -0.145. The summed E-state index contributed by atoms with van der Waals surface area (Å²) in [6.07, 6.45) is 7.69. The van der Waals surface area contributed by atoms with E-state index in [0.717, 1.165) is 51.6 Å². The maximum atomic E-state index is 13.2. The van der Waals surface area contributed by atoms with Crippen LogP contribution in [-0.2, 0) is 4.79 Å². The van der Waals surface area contributed by atoms with E-state index in [1.165, 1.54) is 6.42 Å². The van der Waals surface area contributed by atoms with Gasteiger partial charge in [-0.2, -0.15) is 0 Å². The van der Waals surface area contributed by atoms with Crippen molar-refractivity contribution in [1.82, 2.24) is 10.2 Å². The molecule has 0 aromatic heterocycles. The average Bonchev–Trinajstić information content (AvgIpc) is 2.72. The van der Waals surface area contributed by atoms with Crippen molar-refractivity contribution in [3.8, 4) is 5.75 Å². The summed E-state index contributed by atoms with van der Waals surface area (Å²) in [7, 11) is 0. The van der Waals surface area contributed by atoms with E-state index in [4.69, 9.17) is 4.74 Å². The highest BCUT2D eigenvalue weighted by Crippen LogP contribution is 2.38. The third-order valence-corrected chi connectivity index (χ3v) is 6.31. The van der Waals surface area contributed by atoms with E-state index in [2.05, 4.69) is 17.1 Å². The minimum absolute atomic E-state index is 0.0784. The van der Waals surface area contributed by atoms with Crippen LogP contribution in [0.25, 0.3) is 0 Å². The van der Waals surface area contributed by atoms with Crippen LogP contribution in [0.2, 0.25) is 0 Å². The number of para-hydroxylation sites is 1. The molecule has 5 heteroatoms. The molecule has 1 heterocycles. The largest absolute Gasteiger partial charge is 0.492 e. The number of rotatable bonds is 6. The minimum Gasteiger partial charge on any atom is -0.492 e. The highest BCUT2D eigenvalue weighted by atomic mass is 16.5. The summed E-state index contributed by atoms with van der Waals surface area (Å²) < 4.78 is 6.08. The van der Waals surface area contributed by atoms with Crippen molar-refractivity contribution < 1.29 is 14.3 Å². The molecule has 0 bridgehead atoms. The van der Waals surface area contributed by atoms with Gasteiger partial charge in [0.05, 0.1) is 12.2 Å². The Labute approximate surface area is 175 Å². The van der Waals surface area contributed by atoms with E-state index < -0.39 is 0 Å². The maximum Gasteiger partial charge on any atom is 0.255 e. The van der Waals surface area contributed by atoms with Gasteiger partial charge in [-0.05, 0) is 51.7 Å². The molecule has 1 aliphatic carbocycles. The topological polar surface area (TPSA) is 58.6 Å². The number of nitrogens with one attached hydrogen (secondary N) is 1. The number of nitrogens with zero attached hydrogens (tertiary/aromatic N) is 1. The number of ether oxygens (including phenoxy) is 1. The molecule has 1 saturated heterocycles. The van der Waals surface area contributed by atoms with E-state index in [1.54, 1.807) is 6.07 Å². The molecule has 3 rings (SSSR count). The Morgan fingerprint density at radius 3 is 2.62 bits per heavy atom. The number of amides is 2. The van der Waals surface area contributed by atoms with Gasteiger partial charge in [-0.3, -0.25) is 9.59 Å². The Bertz CT molecular complexity index is 710. The van der Waals surface area contributed by atoms with Crippen LogP contribution in [0.4, 0.5) is 0 Å². The molecule has 1 aromatic rings. The second-order valence-electron chi connectivity index (χ2n) is 9.32. The van der Waals surface area contributed by atoms with Crippen LogP contribution < -0.4 is 10.1 Å². The summed E-state index contributed by atoms with van der Waals surface area (Å²) >= 11 is 0. The zero-order chi connectivity index (χ0) is 20.9. The summed E-state index contributed by atoms with van der Waals surface area (Å²) in [6.45, 7) is 8.20. The van der Waals surface area contributed by atoms with Crippen LogP contribution in [0.5, 0.6) is 5.75 Å². The van der Waals surface area contributed by atoms with Crippen molar-refractivity contribution in [2.45, 2.75) is 71.8 Å². The molecule has 1 N–H and O–H groups in total. The van der Waals surface area contributed by atoms with Gasteiger partial charge in [-0.25, -0.2) is 0 Å². The Kier molecular flexibility index (Phi) is 7.20. The third kappa shape index (κ3) is 5.52. The van der Waals surface area contributed by atoms with Gasteiger partial charge >= 0.3 is 0 Å². The quantitative estimate of drug-likeness (QED) is 0.769. The van der Waals surface area contributed by atoms with Crippen LogP contribution in [0.15, 0.2) is 24.3 Å². The lowest BCUT2D eigenvalue weighted by atomic mass is 9.74. The monoisotopic (exact) mass is 400 g/mol. The Hall–Kier alpha value is -2.04. The standard InChI is InChI=1S/C24H36N2O3/c1-18(2)25-22(27)20-11-5-6-12-21(20)29-17-19-10-9-15-26(16-19)23(28)24(3)13-7-4-8-14-24/h5-6,11-12,18-19H,4,7-10,13-17H2,1-3H3,(H,25,27). The van der Waals surface area contributed by atoms with Crippen molar-refractivity contribution in [1.29, 1.82) is 0 Å². The number of carbonyl (C=O) groups is 2. The fourth-order valence-electron chi connectivity index (χ4n) is 4.64. The fourth-order valence-corrected chi connectivity index (χ4v) is 4.64. The number of benzene rings is 1. The molecule has 1 unspecified atom stereocenters. The smallest absolute Gasteiger partial charge is 0.255 e. The predicted octanol–water partition coefficient (Wildman–Crippen LogP) is 4.41. The molecule has 0 radical (unpaired) electrons. The molecule has 2 amide bonds. The first kappa shape index (κ1) is 21.7. The summed E-state index contributed by atoms with van der Waals surface area (Å²) in [6, 6.07) is 7.47. The molecular weight excluding hydrogens is 364 g/mol. The molecule has 5 nitrogen and oxygen atoms in total. The zero-order valence-electron chi connectivity index (χ0n) is 18.2. The van der Waals surface area contributed by atoms with Gasteiger partial charge in [0.15, 0.2) is 0 Å². The molecule has 2 aliphatic rings. The normalized spacial score (nSPS) is 21.7. The molecule has 0 spiro atoms. The van der Waals surface area contributed by atoms with Crippen molar-refractivity contribution >= 4 is 11.8 Å². The van der Waals surface area contributed by atoms with Crippen LogP contribution in [-0.4, -0.2) is 42.5 Å². The minimum atomic E-state index is -0.178. The number of hydrogen-bond acceptors (Lipinski definition) is 3. The van der Waals surface area contributed by atoms with Crippen LogP contribution in [0.1, 0.15) is 76.1 Å². The SMILES string of the molecule is CC(C)NC(=O)c1ccccc1OCC1CCCN(C(=O)C2(C)CCCCC2)C1. The molecule has 1 atom stereocenters. The van der Waals surface area contributed by atoms with Crippen LogP contribution in [0.3, 0.4) is 0 Å². The first-order chi connectivity index (χ1) is 13.9. The average molecular weight is 401 g/mol. The van der Waals surface area contributed by atoms with Crippen LogP contribution in [0, 0.1) is 11.3 Å². The van der Waals surface area contributed by atoms with Gasteiger partial charge in [0.1, 0.15) is 5.75 Å². The number of likely N-dealkylation sites (tertiary alicyclic amines) is 1. The van der Waals surface area contributed by atoms with Crippen LogP contribution >= 0.6 is 0 Å². The lowest BCUT2D eigenvalue weighted by Crippen LogP contribution is -2.48. The van der Waals surface area contributed by atoms with E-state index in [-0.39, 0.29) is 17.4 Å². The van der Waals surface area contributed by atoms with Gasteiger partial charge < -0.3 is 15.0 Å². The summed E-state index contributed by atoms with van der Waals surface area (Å²) in [5.41, 5.74) is 0.391. The van der Waals surface area contributed by atoms with Gasteiger partial charge in [0, 0.05) is 30.5 Å². The summed E-state index contributed by atoms with van der Waals surface area (Å²) in [5, 5.41) is 2.93. The van der Waals surface area contributed by atoms with Crippen molar-refractivity contribution in [2.24, 2.45) is 11.3 Å². The van der Waals surface area contributed by atoms with Gasteiger partial charge in [-0.1, -0.05) is 38.3 Å². The van der Waals surface area contributed by atoms with Gasteiger partial charge in [0.2, 0.25) is 5.91 Å². The Morgan fingerprint density at radius 2 is 1.90 bits per heavy atom.